The van der Waals surface area contributed by atoms with Crippen LogP contribution in [0.1, 0.15) is 17.7 Å². The summed E-state index contributed by atoms with van der Waals surface area (Å²) in [5.41, 5.74) is -1.10. The molecule has 0 aliphatic heterocycles. The Bertz CT molecular complexity index is 1100. The fraction of sp³-hybridized carbons (Fsp3) is 0.312. The molecule has 27 heavy (non-hydrogen) atoms. The molecular weight excluding hydrogens is 381 g/mol. The van der Waals surface area contributed by atoms with Gasteiger partial charge in [0.05, 0.1) is 17.8 Å². The molecule has 0 aromatic carbocycles. The predicted molar refractivity (Wildman–Crippen MR) is 91.3 cm³/mol. The molecule has 3 heterocycles. The topological polar surface area (TPSA) is 112 Å². The van der Waals surface area contributed by atoms with Gasteiger partial charge in [0.25, 0.3) is 0 Å². The van der Waals surface area contributed by atoms with E-state index in [0.717, 1.165) is 17.7 Å². The predicted octanol–water partition coefficient (Wildman–Crippen LogP) is 2.65. The highest BCUT2D eigenvalue weighted by molar-refractivity contribution is 7.18. The van der Waals surface area contributed by atoms with E-state index in [1.165, 1.54) is 23.2 Å². The largest absolute Gasteiger partial charge is 0.392 e. The molecule has 0 spiro atoms. The molecule has 0 amide bonds. The first-order chi connectivity index (χ1) is 12.7. The molecule has 0 radical (unpaired) electrons. The number of nitrogens with zero attached hydrogens (tertiary/aromatic N) is 4. The van der Waals surface area contributed by atoms with Gasteiger partial charge in [-0.15, -0.1) is 11.3 Å². The van der Waals surface area contributed by atoms with Gasteiger partial charge in [0.2, 0.25) is 5.62 Å². The molecule has 3 N–H and O–H groups in total. The van der Waals surface area contributed by atoms with Gasteiger partial charge in [-0.3, -0.25) is 15.4 Å². The average molecular weight is 394 g/mol. The van der Waals surface area contributed by atoms with Gasteiger partial charge in [-0.25, -0.2) is 15.0 Å². The Morgan fingerprint density at radius 1 is 1.30 bits per heavy atom. The van der Waals surface area contributed by atoms with Gasteiger partial charge in [-0.1, -0.05) is 0 Å². The van der Waals surface area contributed by atoms with E-state index >= 15 is 0 Å². The van der Waals surface area contributed by atoms with Crippen LogP contribution in [0.3, 0.4) is 0 Å². The minimum atomic E-state index is -4.29. The van der Waals surface area contributed by atoms with Crippen molar-refractivity contribution >= 4 is 27.9 Å². The van der Waals surface area contributed by atoms with Gasteiger partial charge < -0.3 is 5.11 Å². The van der Waals surface area contributed by atoms with E-state index in [2.05, 4.69) is 15.0 Å². The van der Waals surface area contributed by atoms with Crippen LogP contribution in [0.2, 0.25) is 0 Å². The molecule has 1 saturated carbocycles. The molecule has 1 aliphatic carbocycles. The van der Waals surface area contributed by atoms with Crippen LogP contribution in [-0.2, 0) is 5.60 Å². The summed E-state index contributed by atoms with van der Waals surface area (Å²) in [6.45, 7) is 0. The Balaban J connectivity index is 1.67. The molecule has 1 aliphatic rings. The van der Waals surface area contributed by atoms with Crippen LogP contribution >= 0.6 is 11.3 Å². The highest BCUT2D eigenvalue weighted by Crippen LogP contribution is 2.54. The van der Waals surface area contributed by atoms with Gasteiger partial charge in [0, 0.05) is 28.9 Å². The number of nitrogens with one attached hydrogen (secondary N) is 2. The fourth-order valence-electron chi connectivity index (χ4n) is 3.04. The van der Waals surface area contributed by atoms with Gasteiger partial charge >= 0.3 is 6.18 Å². The maximum Gasteiger partial charge on any atom is 0.392 e. The number of halogens is 3. The molecule has 0 atom stereocenters. The summed E-state index contributed by atoms with van der Waals surface area (Å²) in [6.07, 6.45) is 0.373. The fourth-order valence-corrected chi connectivity index (χ4v) is 4.16. The van der Waals surface area contributed by atoms with Gasteiger partial charge in [0.1, 0.15) is 10.4 Å². The Hall–Kier alpha value is -2.66. The third kappa shape index (κ3) is 3.02. The summed E-state index contributed by atoms with van der Waals surface area (Å²) in [5, 5.41) is 26.0. The van der Waals surface area contributed by atoms with E-state index in [0.29, 0.717) is 26.5 Å². The van der Waals surface area contributed by atoms with Crippen molar-refractivity contribution in [3.8, 4) is 11.4 Å². The summed E-state index contributed by atoms with van der Waals surface area (Å²) in [7, 11) is 0. The number of alkyl halides is 3. The number of hydrogen-bond donors (Lipinski definition) is 3. The Morgan fingerprint density at radius 2 is 2.04 bits per heavy atom. The molecule has 1 fully saturated rings. The molecular formula is C16H13F3N6OS. The second kappa shape index (κ2) is 5.92. The van der Waals surface area contributed by atoms with Crippen LogP contribution in [0.4, 0.5) is 13.2 Å². The summed E-state index contributed by atoms with van der Waals surface area (Å²) in [5.74, 6) is -1.17. The highest BCUT2D eigenvalue weighted by atomic mass is 32.1. The molecule has 140 valence electrons. The number of fused-ring (bicyclic) bond motifs is 1. The van der Waals surface area contributed by atoms with Gasteiger partial charge in [-0.05, 0) is 18.9 Å². The van der Waals surface area contributed by atoms with Crippen LogP contribution < -0.4 is 5.62 Å². The lowest BCUT2D eigenvalue weighted by atomic mass is 9.70. The van der Waals surface area contributed by atoms with Gasteiger partial charge in [0.15, 0.2) is 5.82 Å². The van der Waals surface area contributed by atoms with Crippen molar-refractivity contribution in [2.45, 2.75) is 24.6 Å². The normalized spacial score (nSPS) is 22.6. The summed E-state index contributed by atoms with van der Waals surface area (Å²) < 4.78 is 39.4. The second-order valence-electron chi connectivity index (χ2n) is 6.45. The highest BCUT2D eigenvalue weighted by Gasteiger charge is 2.56. The zero-order chi connectivity index (χ0) is 19.4. The van der Waals surface area contributed by atoms with Crippen LogP contribution in [0, 0.1) is 16.7 Å². The first kappa shape index (κ1) is 17.7. The standard InChI is InChI=1S/C16H13F3N6OS/c17-16(18,19)10-2-15(26,3-10)11-1-8-4-22-12(24-13(8)27-11)9-5-23-14(21)25(6-9)7-20/h1,4-7,10,20-21,26H,2-3H2. The van der Waals surface area contributed by atoms with E-state index in [-0.39, 0.29) is 18.5 Å². The van der Waals surface area contributed by atoms with Crippen LogP contribution in [0.5, 0.6) is 0 Å². The van der Waals surface area contributed by atoms with Crippen LogP contribution in [0.25, 0.3) is 21.6 Å². The number of rotatable bonds is 3. The maximum atomic E-state index is 12.7. The van der Waals surface area contributed by atoms with E-state index in [1.54, 1.807) is 6.07 Å². The van der Waals surface area contributed by atoms with E-state index in [9.17, 15) is 18.3 Å². The van der Waals surface area contributed by atoms with Crippen molar-refractivity contribution in [2.24, 2.45) is 5.92 Å². The summed E-state index contributed by atoms with van der Waals surface area (Å²) in [4.78, 5) is 13.5. The van der Waals surface area contributed by atoms with Crippen LogP contribution in [0.15, 0.2) is 24.7 Å². The lowest BCUT2D eigenvalue weighted by Gasteiger charge is -2.43. The Kier molecular flexibility index (Phi) is 3.89. The van der Waals surface area contributed by atoms with Crippen molar-refractivity contribution in [3.63, 3.8) is 0 Å². The zero-order valence-corrected chi connectivity index (χ0v) is 14.5. The SMILES string of the molecule is N=Cn1cc(-c2ncc3cc(C4(O)CC(C(F)(F)F)C4)sc3n2)cnc1=N. The quantitative estimate of drug-likeness (QED) is 0.468. The molecule has 3 aromatic heterocycles. The Labute approximate surface area is 154 Å². The molecule has 3 aromatic rings. The lowest BCUT2D eigenvalue weighted by molar-refractivity contribution is -0.241. The smallest absolute Gasteiger partial charge is 0.384 e. The molecule has 0 saturated heterocycles. The number of thiophene rings is 1. The third-order valence-corrected chi connectivity index (χ3v) is 5.85. The molecule has 11 heteroatoms. The van der Waals surface area contributed by atoms with E-state index < -0.39 is 17.7 Å². The first-order valence-electron chi connectivity index (χ1n) is 7.89. The monoisotopic (exact) mass is 394 g/mol. The lowest BCUT2D eigenvalue weighted by Crippen LogP contribution is -2.46. The maximum absolute atomic E-state index is 12.7. The van der Waals surface area contributed by atoms with Crippen molar-refractivity contribution in [1.82, 2.24) is 19.5 Å². The third-order valence-electron chi connectivity index (χ3n) is 4.61. The van der Waals surface area contributed by atoms with Crippen molar-refractivity contribution in [3.05, 3.63) is 35.2 Å². The molecule has 0 unspecified atom stereocenters. The number of aliphatic hydroxyl groups is 1. The zero-order valence-electron chi connectivity index (χ0n) is 13.7. The summed E-state index contributed by atoms with van der Waals surface area (Å²) in [6, 6.07) is 1.62. The Morgan fingerprint density at radius 3 is 2.70 bits per heavy atom. The summed E-state index contributed by atoms with van der Waals surface area (Å²) >= 11 is 1.14. The van der Waals surface area contributed by atoms with Crippen molar-refractivity contribution in [2.75, 3.05) is 0 Å². The molecule has 0 bridgehead atoms. The molecule has 7 nitrogen and oxygen atoms in total. The number of aromatic nitrogens is 4. The van der Waals surface area contributed by atoms with Gasteiger partial charge in [-0.2, -0.15) is 13.2 Å². The van der Waals surface area contributed by atoms with Crippen molar-refractivity contribution in [1.29, 1.82) is 10.8 Å². The average Bonchev–Trinajstić information content (AvgIpc) is 3.02. The number of hydrogen-bond acceptors (Lipinski definition) is 7. The minimum absolute atomic E-state index is 0.111. The van der Waals surface area contributed by atoms with Crippen LogP contribution in [-0.4, -0.2) is 37.1 Å². The molecule has 4 rings (SSSR count). The second-order valence-corrected chi connectivity index (χ2v) is 7.48. The minimum Gasteiger partial charge on any atom is -0.384 e. The van der Waals surface area contributed by atoms with E-state index in [4.69, 9.17) is 10.8 Å². The van der Waals surface area contributed by atoms with E-state index in [1.807, 2.05) is 0 Å². The van der Waals surface area contributed by atoms with Crippen molar-refractivity contribution < 1.29 is 18.3 Å². The first-order valence-corrected chi connectivity index (χ1v) is 8.71.